The molecular formula is C27H38N2O2S. The molecule has 0 fully saturated rings. The standard InChI is InChI=1S/C27H38N2O2S/c1-3-5-6-7-8-9-10-11-12-13-14-19-26-28-23-17-15-16-18-24(23)29(26)22-20-25(32-21-22)27(30)31-4-2/h15-18,20-21H,3-14,19H2,1-2H3. The molecule has 32 heavy (non-hydrogen) atoms. The van der Waals surface area contributed by atoms with E-state index in [4.69, 9.17) is 9.72 Å². The number of benzene rings is 1. The molecular weight excluding hydrogens is 416 g/mol. The SMILES string of the molecule is CCCCCCCCCCCCCc1nc2ccccc2n1-c1csc(C(=O)OCC)c1. The predicted molar refractivity (Wildman–Crippen MR) is 135 cm³/mol. The Hall–Kier alpha value is -2.14. The second-order valence-electron chi connectivity index (χ2n) is 8.53. The number of para-hydroxylation sites is 2. The van der Waals surface area contributed by atoms with E-state index in [2.05, 4.69) is 23.6 Å². The van der Waals surface area contributed by atoms with Gasteiger partial charge < -0.3 is 4.74 Å². The smallest absolute Gasteiger partial charge is 0.348 e. The Bertz CT molecular complexity index is 960. The van der Waals surface area contributed by atoms with Crippen molar-refractivity contribution in [1.82, 2.24) is 9.55 Å². The van der Waals surface area contributed by atoms with E-state index in [0.29, 0.717) is 11.5 Å². The van der Waals surface area contributed by atoms with E-state index in [1.54, 1.807) is 0 Å². The zero-order chi connectivity index (χ0) is 22.6. The maximum absolute atomic E-state index is 12.1. The van der Waals surface area contributed by atoms with Crippen molar-refractivity contribution < 1.29 is 9.53 Å². The molecule has 0 aliphatic rings. The first-order valence-corrected chi connectivity index (χ1v) is 13.3. The van der Waals surface area contributed by atoms with Gasteiger partial charge in [0.25, 0.3) is 0 Å². The van der Waals surface area contributed by atoms with Crippen molar-refractivity contribution in [2.75, 3.05) is 6.61 Å². The molecule has 174 valence electrons. The van der Waals surface area contributed by atoms with Crippen LogP contribution in [0.5, 0.6) is 0 Å². The van der Waals surface area contributed by atoms with Crippen molar-refractivity contribution in [3.63, 3.8) is 0 Å². The molecule has 0 saturated carbocycles. The number of nitrogens with zero attached hydrogens (tertiary/aromatic N) is 2. The summed E-state index contributed by atoms with van der Waals surface area (Å²) in [6.45, 7) is 4.50. The number of fused-ring (bicyclic) bond motifs is 1. The third-order valence-corrected chi connectivity index (χ3v) is 6.85. The molecule has 3 rings (SSSR count). The number of carbonyl (C=O) groups is 1. The molecule has 1 aromatic carbocycles. The lowest BCUT2D eigenvalue weighted by atomic mass is 10.1. The van der Waals surface area contributed by atoms with Gasteiger partial charge in [-0.1, -0.05) is 83.3 Å². The molecule has 0 saturated heterocycles. The number of carbonyl (C=O) groups excluding carboxylic acids is 1. The maximum atomic E-state index is 12.1. The molecule has 5 heteroatoms. The quantitative estimate of drug-likeness (QED) is 0.172. The molecule has 0 aliphatic heterocycles. The lowest BCUT2D eigenvalue weighted by Crippen LogP contribution is -2.03. The molecule has 0 N–H and O–H groups in total. The first-order valence-electron chi connectivity index (χ1n) is 12.5. The van der Waals surface area contributed by atoms with Crippen molar-refractivity contribution in [2.45, 2.75) is 90.9 Å². The van der Waals surface area contributed by atoms with E-state index in [0.717, 1.165) is 35.4 Å². The molecule has 0 aliphatic carbocycles. The van der Waals surface area contributed by atoms with Gasteiger partial charge in [0.05, 0.1) is 23.3 Å². The molecule has 0 atom stereocenters. The average Bonchev–Trinajstić information content (AvgIpc) is 3.42. The first-order chi connectivity index (χ1) is 15.7. The van der Waals surface area contributed by atoms with E-state index in [1.807, 2.05) is 30.5 Å². The van der Waals surface area contributed by atoms with Crippen LogP contribution in [-0.2, 0) is 11.2 Å². The number of imidazole rings is 1. The Kier molecular flexibility index (Phi) is 10.3. The monoisotopic (exact) mass is 454 g/mol. The van der Waals surface area contributed by atoms with Crippen LogP contribution in [0.2, 0.25) is 0 Å². The number of aromatic nitrogens is 2. The number of ether oxygens (including phenoxy) is 1. The zero-order valence-corrected chi connectivity index (χ0v) is 20.6. The third kappa shape index (κ3) is 6.93. The maximum Gasteiger partial charge on any atom is 0.348 e. The van der Waals surface area contributed by atoms with Crippen molar-refractivity contribution >= 4 is 28.3 Å². The summed E-state index contributed by atoms with van der Waals surface area (Å²) >= 11 is 1.44. The highest BCUT2D eigenvalue weighted by Gasteiger charge is 2.16. The number of hydrogen-bond acceptors (Lipinski definition) is 4. The Morgan fingerprint density at radius 3 is 2.28 bits per heavy atom. The topological polar surface area (TPSA) is 44.1 Å². The lowest BCUT2D eigenvalue weighted by molar-refractivity contribution is 0.0532. The molecule has 4 nitrogen and oxygen atoms in total. The highest BCUT2D eigenvalue weighted by molar-refractivity contribution is 7.12. The second-order valence-corrected chi connectivity index (χ2v) is 9.44. The van der Waals surface area contributed by atoms with Gasteiger partial charge in [0.2, 0.25) is 0 Å². The molecule has 0 spiro atoms. The third-order valence-electron chi connectivity index (χ3n) is 5.95. The molecule has 0 bridgehead atoms. The summed E-state index contributed by atoms with van der Waals surface area (Å²) in [5, 5.41) is 2.03. The summed E-state index contributed by atoms with van der Waals surface area (Å²) < 4.78 is 7.38. The molecule has 0 radical (unpaired) electrons. The van der Waals surface area contributed by atoms with Gasteiger partial charge in [-0.2, -0.15) is 0 Å². The summed E-state index contributed by atoms with van der Waals surface area (Å²) in [4.78, 5) is 17.7. The summed E-state index contributed by atoms with van der Waals surface area (Å²) in [7, 11) is 0. The number of aryl methyl sites for hydroxylation is 1. The van der Waals surface area contributed by atoms with Crippen LogP contribution < -0.4 is 0 Å². The highest BCUT2D eigenvalue weighted by atomic mass is 32.1. The number of hydrogen-bond donors (Lipinski definition) is 0. The van der Waals surface area contributed by atoms with Gasteiger partial charge in [-0.15, -0.1) is 11.3 Å². The number of unbranched alkanes of at least 4 members (excludes halogenated alkanes) is 10. The van der Waals surface area contributed by atoms with Crippen LogP contribution in [0.1, 0.15) is 100.0 Å². The van der Waals surface area contributed by atoms with Gasteiger partial charge in [-0.05, 0) is 31.5 Å². The van der Waals surface area contributed by atoms with Crippen LogP contribution in [0.3, 0.4) is 0 Å². The molecule has 0 unspecified atom stereocenters. The van der Waals surface area contributed by atoms with E-state index in [9.17, 15) is 4.79 Å². The van der Waals surface area contributed by atoms with E-state index in [-0.39, 0.29) is 5.97 Å². The number of thiophene rings is 1. The highest BCUT2D eigenvalue weighted by Crippen LogP contribution is 2.27. The van der Waals surface area contributed by atoms with Gasteiger partial charge in [-0.25, -0.2) is 9.78 Å². The fourth-order valence-electron chi connectivity index (χ4n) is 4.23. The van der Waals surface area contributed by atoms with Gasteiger partial charge in [0, 0.05) is 11.8 Å². The first kappa shape index (κ1) is 24.5. The van der Waals surface area contributed by atoms with E-state index in [1.165, 1.54) is 75.5 Å². The van der Waals surface area contributed by atoms with Gasteiger partial charge in [0.15, 0.2) is 0 Å². The van der Waals surface area contributed by atoms with Gasteiger partial charge >= 0.3 is 5.97 Å². The van der Waals surface area contributed by atoms with Crippen molar-refractivity contribution in [3.05, 3.63) is 46.4 Å². The lowest BCUT2D eigenvalue weighted by Gasteiger charge is -2.07. The summed E-state index contributed by atoms with van der Waals surface area (Å²) in [6.07, 6.45) is 15.7. The fraction of sp³-hybridized carbons (Fsp3) is 0.556. The minimum absolute atomic E-state index is 0.250. The molecule has 0 amide bonds. The minimum Gasteiger partial charge on any atom is -0.462 e. The van der Waals surface area contributed by atoms with Crippen molar-refractivity contribution in [3.8, 4) is 5.69 Å². The Morgan fingerprint density at radius 2 is 1.59 bits per heavy atom. The minimum atomic E-state index is -0.250. The summed E-state index contributed by atoms with van der Waals surface area (Å²) in [5.41, 5.74) is 3.11. The zero-order valence-electron chi connectivity index (χ0n) is 19.8. The Morgan fingerprint density at radius 1 is 0.938 bits per heavy atom. The van der Waals surface area contributed by atoms with Gasteiger partial charge in [-0.3, -0.25) is 4.57 Å². The largest absolute Gasteiger partial charge is 0.462 e. The normalized spacial score (nSPS) is 11.3. The van der Waals surface area contributed by atoms with Crippen LogP contribution in [0.4, 0.5) is 0 Å². The van der Waals surface area contributed by atoms with Crippen molar-refractivity contribution in [2.24, 2.45) is 0 Å². The summed E-state index contributed by atoms with van der Waals surface area (Å²) in [6, 6.07) is 10.2. The number of esters is 1. The van der Waals surface area contributed by atoms with Crippen LogP contribution >= 0.6 is 11.3 Å². The van der Waals surface area contributed by atoms with Crippen LogP contribution in [0, 0.1) is 0 Å². The average molecular weight is 455 g/mol. The Labute approximate surface area is 197 Å². The fourth-order valence-corrected chi connectivity index (χ4v) is 5.00. The molecule has 2 heterocycles. The van der Waals surface area contributed by atoms with Crippen LogP contribution in [0.15, 0.2) is 35.7 Å². The Balaban J connectivity index is 1.53. The van der Waals surface area contributed by atoms with E-state index < -0.39 is 0 Å². The second kappa shape index (κ2) is 13.4. The van der Waals surface area contributed by atoms with Crippen molar-refractivity contribution in [1.29, 1.82) is 0 Å². The van der Waals surface area contributed by atoms with Crippen LogP contribution in [0.25, 0.3) is 16.7 Å². The predicted octanol–water partition coefficient (Wildman–Crippen LogP) is 8.12. The van der Waals surface area contributed by atoms with Gasteiger partial charge in [0.1, 0.15) is 10.7 Å². The van der Waals surface area contributed by atoms with Crippen LogP contribution in [-0.4, -0.2) is 22.1 Å². The van der Waals surface area contributed by atoms with E-state index >= 15 is 0 Å². The molecule has 2 aromatic heterocycles. The molecule has 3 aromatic rings. The summed E-state index contributed by atoms with van der Waals surface area (Å²) in [5.74, 6) is 0.829. The number of rotatable bonds is 15.